The predicted molar refractivity (Wildman–Crippen MR) is 104 cm³/mol. The van der Waals surface area contributed by atoms with Gasteiger partial charge in [0.1, 0.15) is 5.78 Å². The minimum absolute atomic E-state index is 0.153. The van der Waals surface area contributed by atoms with Gasteiger partial charge in [0.15, 0.2) is 0 Å². The number of pyridine rings is 2. The first kappa shape index (κ1) is 17.0. The van der Waals surface area contributed by atoms with Crippen LogP contribution in [0.5, 0.6) is 0 Å². The van der Waals surface area contributed by atoms with E-state index in [-0.39, 0.29) is 11.3 Å². The van der Waals surface area contributed by atoms with Crippen LogP contribution in [0.15, 0.2) is 47.4 Å². The molecule has 132 valence electrons. The van der Waals surface area contributed by atoms with E-state index >= 15 is 0 Å². The van der Waals surface area contributed by atoms with Gasteiger partial charge in [-0.25, -0.2) is 0 Å². The maximum absolute atomic E-state index is 12.8. The molecule has 0 amide bonds. The van der Waals surface area contributed by atoms with Crippen molar-refractivity contribution in [3.8, 4) is 11.3 Å². The molecule has 0 saturated heterocycles. The number of H-pyrrole nitrogens is 1. The van der Waals surface area contributed by atoms with E-state index in [1.807, 2.05) is 37.3 Å². The number of aromatic nitrogens is 2. The molecule has 1 saturated carbocycles. The molecule has 1 fully saturated rings. The van der Waals surface area contributed by atoms with Crippen molar-refractivity contribution in [2.45, 2.75) is 38.0 Å². The Labute approximate surface area is 156 Å². The van der Waals surface area contributed by atoms with Gasteiger partial charge < -0.3 is 4.98 Å². The molecule has 1 N–H and O–H groups in total. The third kappa shape index (κ3) is 2.74. The van der Waals surface area contributed by atoms with Crippen LogP contribution in [0.2, 0.25) is 5.02 Å². The highest BCUT2D eigenvalue weighted by Crippen LogP contribution is 2.35. The van der Waals surface area contributed by atoms with Gasteiger partial charge in [0, 0.05) is 34.8 Å². The summed E-state index contributed by atoms with van der Waals surface area (Å²) in [6.07, 6.45) is 4.86. The lowest BCUT2D eigenvalue weighted by atomic mass is 9.70. The van der Waals surface area contributed by atoms with Crippen LogP contribution in [0, 0.1) is 0 Å². The second-order valence-electron chi connectivity index (χ2n) is 7.11. The first-order valence-electron chi connectivity index (χ1n) is 8.81. The van der Waals surface area contributed by atoms with E-state index in [4.69, 9.17) is 11.6 Å². The number of hydrogen-bond donors (Lipinski definition) is 1. The Morgan fingerprint density at radius 2 is 2.00 bits per heavy atom. The summed E-state index contributed by atoms with van der Waals surface area (Å²) in [4.78, 5) is 32.5. The van der Waals surface area contributed by atoms with Gasteiger partial charge in [-0.2, -0.15) is 0 Å². The summed E-state index contributed by atoms with van der Waals surface area (Å²) < 4.78 is 0. The van der Waals surface area contributed by atoms with E-state index in [9.17, 15) is 9.59 Å². The number of aromatic amines is 1. The number of rotatable bonds is 2. The normalized spacial score (nSPS) is 20.5. The lowest BCUT2D eigenvalue weighted by molar-refractivity contribution is -0.125. The summed E-state index contributed by atoms with van der Waals surface area (Å²) in [5, 5.41) is 1.46. The number of ketones is 1. The van der Waals surface area contributed by atoms with Crippen LogP contribution in [0.3, 0.4) is 0 Å². The van der Waals surface area contributed by atoms with Crippen LogP contribution >= 0.6 is 11.6 Å². The molecule has 1 atom stereocenters. The Morgan fingerprint density at radius 3 is 2.77 bits per heavy atom. The number of carbonyl (C=O) groups is 1. The molecule has 4 nitrogen and oxygen atoms in total. The number of benzene rings is 1. The highest BCUT2D eigenvalue weighted by molar-refractivity contribution is 6.35. The zero-order valence-corrected chi connectivity index (χ0v) is 15.3. The Hall–Kier alpha value is -2.46. The summed E-state index contributed by atoms with van der Waals surface area (Å²) in [6, 6.07) is 11.1. The van der Waals surface area contributed by atoms with Gasteiger partial charge in [-0.05, 0) is 50.1 Å². The predicted octanol–water partition coefficient (Wildman–Crippen LogP) is 4.64. The number of fused-ring (bicyclic) bond motifs is 1. The molecule has 0 radical (unpaired) electrons. The van der Waals surface area contributed by atoms with Crippen molar-refractivity contribution in [2.24, 2.45) is 0 Å². The molecule has 0 aliphatic heterocycles. The molecule has 1 aliphatic rings. The highest BCUT2D eigenvalue weighted by atomic mass is 35.5. The SMILES string of the molecule is C[C@]1(c2ccc(-c3cc(Cl)c4cccnc4c3)[nH]c2=O)CCCCC1=O. The van der Waals surface area contributed by atoms with Gasteiger partial charge in [0.05, 0.1) is 16.0 Å². The van der Waals surface area contributed by atoms with E-state index in [0.29, 0.717) is 22.7 Å². The van der Waals surface area contributed by atoms with Gasteiger partial charge in [-0.15, -0.1) is 0 Å². The Bertz CT molecular complexity index is 1070. The first-order chi connectivity index (χ1) is 12.5. The van der Waals surface area contributed by atoms with Gasteiger partial charge in [-0.1, -0.05) is 24.1 Å². The largest absolute Gasteiger partial charge is 0.322 e. The molecule has 0 bridgehead atoms. The van der Waals surface area contributed by atoms with Crippen molar-refractivity contribution in [1.82, 2.24) is 9.97 Å². The zero-order chi connectivity index (χ0) is 18.3. The Balaban J connectivity index is 1.79. The van der Waals surface area contributed by atoms with Gasteiger partial charge >= 0.3 is 0 Å². The lowest BCUT2D eigenvalue weighted by Crippen LogP contribution is -2.40. The van der Waals surface area contributed by atoms with E-state index in [1.165, 1.54) is 0 Å². The molecule has 26 heavy (non-hydrogen) atoms. The summed E-state index contributed by atoms with van der Waals surface area (Å²) in [6.45, 7) is 1.88. The van der Waals surface area contributed by atoms with Crippen molar-refractivity contribution in [3.05, 3.63) is 63.5 Å². The number of nitrogens with one attached hydrogen (secondary N) is 1. The molecule has 1 aliphatic carbocycles. The number of carbonyl (C=O) groups excluding carboxylic acids is 1. The lowest BCUT2D eigenvalue weighted by Gasteiger charge is -2.31. The van der Waals surface area contributed by atoms with Gasteiger partial charge in [-0.3, -0.25) is 14.6 Å². The molecular weight excluding hydrogens is 348 g/mol. The average Bonchev–Trinajstić information content (AvgIpc) is 2.64. The van der Waals surface area contributed by atoms with E-state index in [0.717, 1.165) is 35.7 Å². The minimum atomic E-state index is -0.688. The zero-order valence-electron chi connectivity index (χ0n) is 14.5. The van der Waals surface area contributed by atoms with Crippen LogP contribution in [0.25, 0.3) is 22.2 Å². The van der Waals surface area contributed by atoms with Crippen LogP contribution in [-0.2, 0) is 10.2 Å². The fourth-order valence-electron chi connectivity index (χ4n) is 3.83. The Morgan fingerprint density at radius 1 is 1.15 bits per heavy atom. The highest BCUT2D eigenvalue weighted by Gasteiger charge is 2.38. The number of Topliss-reactive ketones (excluding diaryl/α,β-unsaturated/α-hetero) is 1. The topological polar surface area (TPSA) is 62.8 Å². The van der Waals surface area contributed by atoms with E-state index in [1.54, 1.807) is 12.3 Å². The molecule has 2 heterocycles. The van der Waals surface area contributed by atoms with E-state index < -0.39 is 5.41 Å². The fraction of sp³-hybridized carbons (Fsp3) is 0.286. The van der Waals surface area contributed by atoms with Crippen molar-refractivity contribution < 1.29 is 4.79 Å². The molecule has 2 aromatic heterocycles. The average molecular weight is 367 g/mol. The maximum Gasteiger partial charge on any atom is 0.252 e. The number of hydrogen-bond acceptors (Lipinski definition) is 3. The number of halogens is 1. The standard InChI is InChI=1S/C21H19ClN2O2/c1-21(9-3-2-6-19(21)25)15-7-8-17(24-20(15)26)13-11-16(22)14-5-4-10-23-18(14)12-13/h4-5,7-8,10-12H,2-3,6,9H2,1H3,(H,24,26)/t21-/m1/s1. The molecule has 5 heteroatoms. The monoisotopic (exact) mass is 366 g/mol. The summed E-state index contributed by atoms with van der Waals surface area (Å²) in [5.41, 5.74) is 1.89. The molecule has 1 aromatic carbocycles. The Kier molecular flexibility index (Phi) is 4.16. The molecule has 4 rings (SSSR count). The minimum Gasteiger partial charge on any atom is -0.322 e. The molecule has 0 spiro atoms. The maximum atomic E-state index is 12.8. The second kappa shape index (κ2) is 6.36. The van der Waals surface area contributed by atoms with Crippen LogP contribution < -0.4 is 5.56 Å². The smallest absolute Gasteiger partial charge is 0.252 e. The van der Waals surface area contributed by atoms with Crippen molar-refractivity contribution in [3.63, 3.8) is 0 Å². The van der Waals surface area contributed by atoms with E-state index in [2.05, 4.69) is 9.97 Å². The van der Waals surface area contributed by atoms with Crippen LogP contribution in [-0.4, -0.2) is 15.8 Å². The van der Waals surface area contributed by atoms with Crippen LogP contribution in [0.4, 0.5) is 0 Å². The van der Waals surface area contributed by atoms with Crippen molar-refractivity contribution in [1.29, 1.82) is 0 Å². The first-order valence-corrected chi connectivity index (χ1v) is 9.18. The van der Waals surface area contributed by atoms with Crippen LogP contribution in [0.1, 0.15) is 38.2 Å². The molecule has 3 aromatic rings. The quantitative estimate of drug-likeness (QED) is 0.718. The third-order valence-electron chi connectivity index (χ3n) is 5.43. The van der Waals surface area contributed by atoms with Gasteiger partial charge in [0.25, 0.3) is 5.56 Å². The summed E-state index contributed by atoms with van der Waals surface area (Å²) in [5.74, 6) is 0.153. The molecular formula is C21H19ClN2O2. The summed E-state index contributed by atoms with van der Waals surface area (Å²) in [7, 11) is 0. The number of nitrogens with zero attached hydrogens (tertiary/aromatic N) is 1. The van der Waals surface area contributed by atoms with Crippen molar-refractivity contribution >= 4 is 28.3 Å². The summed E-state index contributed by atoms with van der Waals surface area (Å²) >= 11 is 6.37. The fourth-order valence-corrected chi connectivity index (χ4v) is 4.11. The third-order valence-corrected chi connectivity index (χ3v) is 5.74. The molecule has 0 unspecified atom stereocenters. The van der Waals surface area contributed by atoms with Gasteiger partial charge in [0.2, 0.25) is 0 Å². The van der Waals surface area contributed by atoms with Crippen molar-refractivity contribution in [2.75, 3.05) is 0 Å². The second-order valence-corrected chi connectivity index (χ2v) is 7.51.